The fourth-order valence-electron chi connectivity index (χ4n) is 3.57. The third-order valence-corrected chi connectivity index (χ3v) is 6.69. The second-order valence-electron chi connectivity index (χ2n) is 7.60. The topological polar surface area (TPSA) is 69.3 Å². The highest BCUT2D eigenvalue weighted by Gasteiger charge is 2.51. The van der Waals surface area contributed by atoms with E-state index >= 15 is 0 Å². The number of rotatable bonds is 4. The molecule has 2 heterocycles. The summed E-state index contributed by atoms with van der Waals surface area (Å²) >= 11 is 0. The van der Waals surface area contributed by atoms with Crippen LogP contribution in [0.3, 0.4) is 0 Å². The first-order valence-electron chi connectivity index (χ1n) is 9.22. The first kappa shape index (κ1) is 23.4. The highest BCUT2D eigenvalue weighted by Crippen LogP contribution is 2.39. The van der Waals surface area contributed by atoms with Crippen molar-refractivity contribution in [1.82, 2.24) is 14.3 Å². The summed E-state index contributed by atoms with van der Waals surface area (Å²) in [6.45, 7) is 2.14. The molecule has 1 aromatic carbocycles. The number of benzene rings is 1. The van der Waals surface area contributed by atoms with Gasteiger partial charge >= 0.3 is 21.7 Å². The number of nitrogens with one attached hydrogen (secondary N) is 1. The number of nitrogens with zero attached hydrogens (tertiary/aromatic N) is 3. The molecule has 1 aromatic heterocycles. The normalized spacial score (nSPS) is 18.9. The lowest BCUT2D eigenvalue weighted by molar-refractivity contribution is -0.137. The molecule has 0 radical (unpaired) electrons. The molecule has 31 heavy (non-hydrogen) atoms. The summed E-state index contributed by atoms with van der Waals surface area (Å²) in [4.78, 5) is 8.36. The zero-order valence-electron chi connectivity index (χ0n) is 16.5. The molecule has 172 valence electrons. The molecule has 1 aliphatic rings. The summed E-state index contributed by atoms with van der Waals surface area (Å²) in [7, 11) is -5.76. The number of halogens is 6. The van der Waals surface area contributed by atoms with Crippen LogP contribution in [0, 0.1) is 5.92 Å². The molecule has 0 spiro atoms. The Bertz CT molecular complexity index is 1020. The highest BCUT2D eigenvalue weighted by molar-refractivity contribution is 7.89. The van der Waals surface area contributed by atoms with Gasteiger partial charge in [-0.15, -0.1) is 0 Å². The lowest BCUT2D eigenvalue weighted by Gasteiger charge is -2.36. The summed E-state index contributed by atoms with van der Waals surface area (Å²) in [6.07, 6.45) is -1.86. The molecule has 0 amide bonds. The van der Waals surface area contributed by atoms with Crippen molar-refractivity contribution in [2.75, 3.05) is 11.4 Å². The molecule has 2 aromatic rings. The Morgan fingerprint density at radius 1 is 1.19 bits per heavy atom. The molecule has 0 saturated carbocycles. The molecular weight excluding hydrogens is 450 g/mol. The first-order chi connectivity index (χ1) is 14.2. The van der Waals surface area contributed by atoms with E-state index in [1.807, 2.05) is 0 Å². The van der Waals surface area contributed by atoms with Gasteiger partial charge in [-0.25, -0.2) is 13.4 Å². The summed E-state index contributed by atoms with van der Waals surface area (Å²) in [6, 6.07) is 1.98. The second kappa shape index (κ2) is 8.01. The number of imidazole rings is 1. The van der Waals surface area contributed by atoms with E-state index in [0.717, 1.165) is 6.07 Å². The maximum Gasteiger partial charge on any atom is 0.511 e. The van der Waals surface area contributed by atoms with Crippen molar-refractivity contribution in [3.63, 3.8) is 0 Å². The third-order valence-electron chi connectivity index (χ3n) is 5.15. The fraction of sp³-hybridized carbons (Fsp3) is 0.500. The monoisotopic (exact) mass is 470 g/mol. The smallest absolute Gasteiger partial charge is 0.361 e. The molecule has 1 aliphatic heterocycles. The number of alkyl halides is 6. The molecule has 0 saturated heterocycles. The molecular formula is C18H20F6N4O2S. The van der Waals surface area contributed by atoms with E-state index in [0.29, 0.717) is 11.8 Å². The molecule has 13 heteroatoms. The fourth-order valence-corrected chi connectivity index (χ4v) is 4.52. The van der Waals surface area contributed by atoms with Crippen molar-refractivity contribution >= 4 is 15.7 Å². The van der Waals surface area contributed by atoms with Crippen LogP contribution in [0.15, 0.2) is 30.7 Å². The number of anilines is 1. The van der Waals surface area contributed by atoms with Crippen molar-refractivity contribution in [1.29, 1.82) is 0 Å². The van der Waals surface area contributed by atoms with Crippen LogP contribution in [0.5, 0.6) is 0 Å². The van der Waals surface area contributed by atoms with Crippen molar-refractivity contribution in [2.24, 2.45) is 5.92 Å². The Hall–Kier alpha value is -2.28. The van der Waals surface area contributed by atoms with Gasteiger partial charge in [-0.2, -0.15) is 30.6 Å². The van der Waals surface area contributed by atoms with E-state index in [1.165, 1.54) is 18.6 Å². The van der Waals surface area contributed by atoms with Crippen LogP contribution in [-0.2, 0) is 29.3 Å². The number of hydrogen-bond acceptors (Lipinski definition) is 4. The van der Waals surface area contributed by atoms with E-state index in [1.54, 1.807) is 18.7 Å². The molecule has 0 fully saturated rings. The molecule has 3 rings (SSSR count). The minimum absolute atomic E-state index is 0.0983. The number of H-pyrrole nitrogens is 1. The first-order valence-corrected chi connectivity index (χ1v) is 10.7. The molecule has 0 bridgehead atoms. The van der Waals surface area contributed by atoms with Crippen molar-refractivity contribution < 1.29 is 34.8 Å². The molecule has 1 N–H and O–H groups in total. The minimum atomic E-state index is -5.76. The number of sulfonamides is 1. The number of aromatic amines is 1. The predicted octanol–water partition coefficient (Wildman–Crippen LogP) is 4.12. The van der Waals surface area contributed by atoms with Crippen molar-refractivity contribution in [3.8, 4) is 0 Å². The highest BCUT2D eigenvalue weighted by atomic mass is 32.2. The van der Waals surface area contributed by atoms with Crippen molar-refractivity contribution in [2.45, 2.75) is 44.7 Å². The molecule has 0 unspecified atom stereocenters. The van der Waals surface area contributed by atoms with Crippen LogP contribution in [0.2, 0.25) is 0 Å². The standard InChI is InChI=1S/C18H20F6N4O2S/c1-11(2)16-9-27(31(29,30)18(22,23)24)7-12-5-13(17(19,20)21)3-4-15(12)28(16)8-14-6-25-10-26-14/h3-6,10-11,16H,7-9H2,1-2H3,(H,25,26)/t16-/m0/s1. The van der Waals surface area contributed by atoms with Crippen LogP contribution in [0.1, 0.15) is 30.7 Å². The zero-order chi connectivity index (χ0) is 23.2. The summed E-state index contributed by atoms with van der Waals surface area (Å²) in [5.41, 5.74) is -6.00. The summed E-state index contributed by atoms with van der Waals surface area (Å²) in [5.74, 6) is -0.318. The van der Waals surface area contributed by atoms with Gasteiger partial charge in [0.15, 0.2) is 0 Å². The maximum atomic E-state index is 13.3. The molecule has 6 nitrogen and oxygen atoms in total. The van der Waals surface area contributed by atoms with E-state index in [-0.39, 0.29) is 28.0 Å². The van der Waals surface area contributed by atoms with E-state index in [4.69, 9.17) is 0 Å². The lowest BCUT2D eigenvalue weighted by atomic mass is 10.0. The Morgan fingerprint density at radius 2 is 1.87 bits per heavy atom. The van der Waals surface area contributed by atoms with Gasteiger partial charge in [0.25, 0.3) is 0 Å². The third kappa shape index (κ3) is 4.66. The van der Waals surface area contributed by atoms with Gasteiger partial charge in [0.05, 0.1) is 24.1 Å². The van der Waals surface area contributed by atoms with Gasteiger partial charge in [0, 0.05) is 31.0 Å². The Balaban J connectivity index is 2.18. The van der Waals surface area contributed by atoms with Gasteiger partial charge in [-0.3, -0.25) is 0 Å². The van der Waals surface area contributed by atoms with Gasteiger partial charge in [-0.05, 0) is 29.7 Å². The quantitative estimate of drug-likeness (QED) is 0.683. The van der Waals surface area contributed by atoms with Crippen LogP contribution in [-0.4, -0.2) is 40.8 Å². The Labute approximate surface area is 174 Å². The van der Waals surface area contributed by atoms with Gasteiger partial charge in [0.1, 0.15) is 0 Å². The number of hydrogen-bond donors (Lipinski definition) is 1. The zero-order valence-corrected chi connectivity index (χ0v) is 17.3. The summed E-state index contributed by atoms with van der Waals surface area (Å²) < 4.78 is 104. The molecule has 1 atom stereocenters. The van der Waals surface area contributed by atoms with E-state index in [2.05, 4.69) is 9.97 Å². The van der Waals surface area contributed by atoms with E-state index < -0.39 is 46.4 Å². The number of aromatic nitrogens is 2. The van der Waals surface area contributed by atoms with Gasteiger partial charge < -0.3 is 9.88 Å². The maximum absolute atomic E-state index is 13.3. The van der Waals surface area contributed by atoms with Crippen molar-refractivity contribution in [3.05, 3.63) is 47.5 Å². The number of fused-ring (bicyclic) bond motifs is 1. The average molecular weight is 470 g/mol. The second-order valence-corrected chi connectivity index (χ2v) is 9.53. The van der Waals surface area contributed by atoms with E-state index in [9.17, 15) is 34.8 Å². The van der Waals surface area contributed by atoms with Crippen LogP contribution in [0.25, 0.3) is 0 Å². The average Bonchev–Trinajstić information content (AvgIpc) is 3.08. The van der Waals surface area contributed by atoms with Gasteiger partial charge in [0.2, 0.25) is 0 Å². The Kier molecular flexibility index (Phi) is 6.04. The van der Waals surface area contributed by atoms with Crippen LogP contribution < -0.4 is 4.90 Å². The molecule has 0 aliphatic carbocycles. The van der Waals surface area contributed by atoms with Crippen LogP contribution in [0.4, 0.5) is 32.0 Å². The minimum Gasteiger partial charge on any atom is -0.361 e. The largest absolute Gasteiger partial charge is 0.511 e. The summed E-state index contributed by atoms with van der Waals surface area (Å²) in [5, 5.41) is 0. The van der Waals surface area contributed by atoms with Crippen LogP contribution >= 0.6 is 0 Å². The van der Waals surface area contributed by atoms with Gasteiger partial charge in [-0.1, -0.05) is 13.8 Å². The Morgan fingerprint density at radius 3 is 2.39 bits per heavy atom. The SMILES string of the molecule is CC(C)[C@@H]1CN(S(=O)(=O)C(F)(F)F)Cc2cc(C(F)(F)F)ccc2N1Cc1cnc[nH]1. The predicted molar refractivity (Wildman–Crippen MR) is 100 cm³/mol. The lowest BCUT2D eigenvalue weighted by Crippen LogP contribution is -2.48.